The van der Waals surface area contributed by atoms with Gasteiger partial charge in [-0.1, -0.05) is 26.0 Å². The average molecular weight is 296 g/mol. The van der Waals surface area contributed by atoms with Gasteiger partial charge in [-0.2, -0.15) is 0 Å². The van der Waals surface area contributed by atoms with Crippen LogP contribution in [0.25, 0.3) is 0 Å². The second-order valence-electron chi connectivity index (χ2n) is 6.94. The molecule has 2 aromatic carbocycles. The Labute approximate surface area is 132 Å². The molecular weight excluding hydrogens is 272 g/mol. The van der Waals surface area contributed by atoms with Crippen molar-refractivity contribution >= 4 is 11.4 Å². The van der Waals surface area contributed by atoms with Crippen LogP contribution in [0, 0.1) is 27.7 Å². The number of fused-ring (bicyclic) bond motifs is 2. The molecule has 0 aromatic heterocycles. The summed E-state index contributed by atoms with van der Waals surface area (Å²) in [5.74, 6) is 1.52. The molecule has 3 rings (SSSR count). The van der Waals surface area contributed by atoms with Gasteiger partial charge in [-0.3, -0.25) is 0 Å². The molecule has 4 N–H and O–H groups in total. The van der Waals surface area contributed by atoms with E-state index in [9.17, 15) is 0 Å². The minimum absolute atomic E-state index is 0.192. The fourth-order valence-electron chi connectivity index (χ4n) is 3.23. The first-order valence-corrected chi connectivity index (χ1v) is 7.64. The first kappa shape index (κ1) is 14.8. The smallest absolute Gasteiger partial charge is 0.154 e. The molecule has 3 heteroatoms. The van der Waals surface area contributed by atoms with Gasteiger partial charge in [0, 0.05) is 16.5 Å². The second kappa shape index (κ2) is 4.42. The summed E-state index contributed by atoms with van der Waals surface area (Å²) in [5.41, 5.74) is 20.7. The molecule has 0 saturated heterocycles. The number of benzene rings is 2. The van der Waals surface area contributed by atoms with Crippen LogP contribution in [0.2, 0.25) is 0 Å². The molecule has 0 amide bonds. The number of ether oxygens (including phenoxy) is 1. The van der Waals surface area contributed by atoms with Gasteiger partial charge in [-0.15, -0.1) is 0 Å². The van der Waals surface area contributed by atoms with Gasteiger partial charge in [0.2, 0.25) is 0 Å². The Balaban J connectivity index is 2.38. The van der Waals surface area contributed by atoms with Crippen LogP contribution in [0.3, 0.4) is 0 Å². The predicted octanol–water partition coefficient (Wildman–Crippen LogP) is 4.52. The minimum Gasteiger partial charge on any atom is -0.452 e. The normalized spacial score (nSPS) is 15.0. The van der Waals surface area contributed by atoms with E-state index in [1.165, 1.54) is 11.1 Å². The van der Waals surface area contributed by atoms with Crippen LogP contribution in [-0.2, 0) is 5.41 Å². The van der Waals surface area contributed by atoms with E-state index in [2.05, 4.69) is 39.8 Å². The van der Waals surface area contributed by atoms with Gasteiger partial charge < -0.3 is 16.2 Å². The van der Waals surface area contributed by atoms with Gasteiger partial charge in [0.1, 0.15) is 0 Å². The summed E-state index contributed by atoms with van der Waals surface area (Å²) in [4.78, 5) is 0. The zero-order chi connectivity index (χ0) is 16.4. The number of rotatable bonds is 0. The molecule has 0 fully saturated rings. The third-order valence-corrected chi connectivity index (χ3v) is 5.24. The van der Waals surface area contributed by atoms with Crippen molar-refractivity contribution in [3.05, 3.63) is 45.5 Å². The molecule has 1 aliphatic heterocycles. The average Bonchev–Trinajstić information content (AvgIpc) is 2.45. The van der Waals surface area contributed by atoms with Crippen molar-refractivity contribution in [1.29, 1.82) is 0 Å². The third kappa shape index (κ3) is 1.75. The van der Waals surface area contributed by atoms with Gasteiger partial charge in [-0.05, 0) is 49.9 Å². The number of hydrogen-bond donors (Lipinski definition) is 2. The maximum atomic E-state index is 6.33. The van der Waals surface area contributed by atoms with Gasteiger partial charge in [-0.25, -0.2) is 0 Å². The largest absolute Gasteiger partial charge is 0.452 e. The summed E-state index contributed by atoms with van der Waals surface area (Å²) >= 11 is 0. The topological polar surface area (TPSA) is 61.3 Å². The van der Waals surface area contributed by atoms with E-state index in [0.717, 1.165) is 33.8 Å². The first-order valence-electron chi connectivity index (χ1n) is 7.64. The highest BCUT2D eigenvalue weighted by Gasteiger charge is 2.37. The molecule has 22 heavy (non-hydrogen) atoms. The quantitative estimate of drug-likeness (QED) is 0.703. The molecule has 0 unspecified atom stereocenters. The number of anilines is 2. The van der Waals surface area contributed by atoms with E-state index in [1.807, 2.05) is 13.8 Å². The monoisotopic (exact) mass is 296 g/mol. The van der Waals surface area contributed by atoms with Crippen LogP contribution in [0.5, 0.6) is 11.5 Å². The maximum absolute atomic E-state index is 6.33. The van der Waals surface area contributed by atoms with Crippen LogP contribution in [-0.4, -0.2) is 0 Å². The van der Waals surface area contributed by atoms with Crippen LogP contribution < -0.4 is 16.2 Å². The van der Waals surface area contributed by atoms with E-state index in [4.69, 9.17) is 16.2 Å². The summed E-state index contributed by atoms with van der Waals surface area (Å²) in [6, 6.07) is 4.38. The van der Waals surface area contributed by atoms with Crippen molar-refractivity contribution < 1.29 is 4.74 Å². The molecule has 0 saturated carbocycles. The fraction of sp³-hybridized carbons (Fsp3) is 0.368. The molecule has 3 nitrogen and oxygen atoms in total. The molecule has 0 spiro atoms. The third-order valence-electron chi connectivity index (χ3n) is 5.24. The summed E-state index contributed by atoms with van der Waals surface area (Å²) in [5, 5.41) is 0. The maximum Gasteiger partial charge on any atom is 0.154 e. The lowest BCUT2D eigenvalue weighted by Crippen LogP contribution is -2.26. The molecule has 0 aliphatic carbocycles. The first-order chi connectivity index (χ1) is 10.2. The Hall–Kier alpha value is -2.16. The van der Waals surface area contributed by atoms with Crippen molar-refractivity contribution in [3.8, 4) is 11.5 Å². The van der Waals surface area contributed by atoms with E-state index < -0.39 is 0 Å². The number of nitrogens with two attached hydrogens (primary N) is 2. The van der Waals surface area contributed by atoms with Crippen LogP contribution in [0.4, 0.5) is 11.4 Å². The standard InChI is InChI=1S/C19H24N2O/c1-9-7-13-17(15(20)11(9)3)22-18-14(19(13,5)6)8-10(2)12(4)16(18)21/h7-8H,20-21H2,1-6H3. The molecule has 0 radical (unpaired) electrons. The molecule has 0 atom stereocenters. The summed E-state index contributed by atoms with van der Waals surface area (Å²) in [7, 11) is 0. The Morgan fingerprint density at radius 3 is 1.50 bits per heavy atom. The van der Waals surface area contributed by atoms with E-state index in [0.29, 0.717) is 11.4 Å². The van der Waals surface area contributed by atoms with Gasteiger partial charge in [0.15, 0.2) is 11.5 Å². The lowest BCUT2D eigenvalue weighted by molar-refractivity contribution is 0.421. The van der Waals surface area contributed by atoms with Crippen molar-refractivity contribution in [1.82, 2.24) is 0 Å². The Morgan fingerprint density at radius 1 is 0.773 bits per heavy atom. The lowest BCUT2D eigenvalue weighted by Gasteiger charge is -2.37. The van der Waals surface area contributed by atoms with Gasteiger partial charge in [0.05, 0.1) is 11.4 Å². The molecule has 1 aliphatic rings. The Bertz CT molecular complexity index is 739. The highest BCUT2D eigenvalue weighted by atomic mass is 16.5. The SMILES string of the molecule is Cc1cc2c(c(N)c1C)Oc1c(cc(C)c(C)c1N)C2(C)C. The summed E-state index contributed by atoms with van der Waals surface area (Å²) in [6.07, 6.45) is 0. The van der Waals surface area contributed by atoms with Crippen LogP contribution in [0.15, 0.2) is 12.1 Å². The van der Waals surface area contributed by atoms with Crippen molar-refractivity contribution in [2.45, 2.75) is 47.0 Å². The van der Waals surface area contributed by atoms with E-state index >= 15 is 0 Å². The van der Waals surface area contributed by atoms with Crippen molar-refractivity contribution in [3.63, 3.8) is 0 Å². The van der Waals surface area contributed by atoms with Crippen LogP contribution >= 0.6 is 0 Å². The lowest BCUT2D eigenvalue weighted by atomic mass is 9.73. The van der Waals surface area contributed by atoms with Gasteiger partial charge in [0.25, 0.3) is 0 Å². The van der Waals surface area contributed by atoms with Crippen LogP contribution in [0.1, 0.15) is 47.2 Å². The van der Waals surface area contributed by atoms with E-state index in [1.54, 1.807) is 0 Å². The highest BCUT2D eigenvalue weighted by molar-refractivity contribution is 5.76. The number of hydrogen-bond acceptors (Lipinski definition) is 3. The molecule has 0 bridgehead atoms. The summed E-state index contributed by atoms with van der Waals surface area (Å²) < 4.78 is 6.20. The predicted molar refractivity (Wildman–Crippen MR) is 92.9 cm³/mol. The minimum atomic E-state index is -0.192. The molecule has 1 heterocycles. The van der Waals surface area contributed by atoms with Gasteiger partial charge >= 0.3 is 0 Å². The van der Waals surface area contributed by atoms with Crippen molar-refractivity contribution in [2.75, 3.05) is 11.5 Å². The molecule has 2 aromatic rings. The molecular formula is C19H24N2O. The van der Waals surface area contributed by atoms with Crippen molar-refractivity contribution in [2.24, 2.45) is 0 Å². The second-order valence-corrected chi connectivity index (χ2v) is 6.94. The highest BCUT2D eigenvalue weighted by Crippen LogP contribution is 2.53. The summed E-state index contributed by atoms with van der Waals surface area (Å²) in [6.45, 7) is 12.6. The Morgan fingerprint density at radius 2 is 1.14 bits per heavy atom. The zero-order valence-electron chi connectivity index (χ0n) is 14.2. The van der Waals surface area contributed by atoms with E-state index in [-0.39, 0.29) is 5.41 Å². The number of nitrogen functional groups attached to an aromatic ring is 2. The number of aryl methyl sites for hydroxylation is 2. The zero-order valence-corrected chi connectivity index (χ0v) is 14.2. The molecule has 116 valence electrons. The Kier molecular flexibility index (Phi) is 2.96. The fourth-order valence-corrected chi connectivity index (χ4v) is 3.23.